The van der Waals surface area contributed by atoms with E-state index in [4.69, 9.17) is 9.47 Å². The average molecular weight is 256 g/mol. The van der Waals surface area contributed by atoms with Crippen LogP contribution in [0.3, 0.4) is 0 Å². The lowest BCUT2D eigenvalue weighted by atomic mass is 10.1. The molecule has 0 radical (unpaired) electrons. The lowest BCUT2D eigenvalue weighted by molar-refractivity contribution is -0.148. The maximum atomic E-state index is 11.1. The molecule has 0 spiro atoms. The number of carbonyl (C=O) groups excluding carboxylic acids is 1. The van der Waals surface area contributed by atoms with E-state index in [1.807, 2.05) is 0 Å². The van der Waals surface area contributed by atoms with E-state index in [0.717, 1.165) is 25.7 Å². The van der Waals surface area contributed by atoms with Gasteiger partial charge in [0.2, 0.25) is 0 Å². The molecule has 1 unspecified atom stereocenters. The molecule has 104 valence electrons. The van der Waals surface area contributed by atoms with Gasteiger partial charge in [-0.2, -0.15) is 0 Å². The van der Waals surface area contributed by atoms with Gasteiger partial charge in [0.15, 0.2) is 0 Å². The molecule has 5 nitrogen and oxygen atoms in total. The van der Waals surface area contributed by atoms with Gasteiger partial charge in [0.25, 0.3) is 0 Å². The summed E-state index contributed by atoms with van der Waals surface area (Å²) in [5.74, 6) is -0.266. The van der Waals surface area contributed by atoms with Crippen LogP contribution in [-0.4, -0.2) is 74.4 Å². The number of carbonyl (C=O) groups is 1. The van der Waals surface area contributed by atoms with Gasteiger partial charge in [0.1, 0.15) is 6.61 Å². The zero-order chi connectivity index (χ0) is 12.8. The van der Waals surface area contributed by atoms with Gasteiger partial charge in [-0.3, -0.25) is 9.80 Å². The summed E-state index contributed by atoms with van der Waals surface area (Å²) in [5.41, 5.74) is 0. The number of fused-ring (bicyclic) bond motifs is 1. The molecule has 0 aromatic heterocycles. The van der Waals surface area contributed by atoms with Crippen molar-refractivity contribution in [2.75, 3.05) is 52.5 Å². The summed E-state index contributed by atoms with van der Waals surface area (Å²) in [6.45, 7) is 8.58. The SMILES string of the molecule is CCOC(=O)COCCN1CCN2CCCC2C1. The highest BCUT2D eigenvalue weighted by Crippen LogP contribution is 2.20. The molecule has 0 N–H and O–H groups in total. The summed E-state index contributed by atoms with van der Waals surface area (Å²) < 4.78 is 10.1. The minimum atomic E-state index is -0.266. The number of ether oxygens (including phenoxy) is 2. The average Bonchev–Trinajstić information content (AvgIpc) is 2.82. The third kappa shape index (κ3) is 3.93. The minimum Gasteiger partial charge on any atom is -0.464 e. The molecule has 0 saturated carbocycles. The molecule has 0 aromatic carbocycles. The van der Waals surface area contributed by atoms with Crippen LogP contribution in [0.2, 0.25) is 0 Å². The third-order valence-electron chi connectivity index (χ3n) is 3.75. The smallest absolute Gasteiger partial charge is 0.332 e. The summed E-state index contributed by atoms with van der Waals surface area (Å²) in [6.07, 6.45) is 2.68. The first-order chi connectivity index (χ1) is 8.79. The molecule has 18 heavy (non-hydrogen) atoms. The van der Waals surface area contributed by atoms with Gasteiger partial charge in [-0.05, 0) is 26.3 Å². The molecule has 0 amide bonds. The van der Waals surface area contributed by atoms with Crippen molar-refractivity contribution in [1.82, 2.24) is 9.80 Å². The lowest BCUT2D eigenvalue weighted by Crippen LogP contribution is -2.50. The number of piperazine rings is 1. The second kappa shape index (κ2) is 7.07. The predicted octanol–water partition coefficient (Wildman–Crippen LogP) is 0.346. The molecule has 2 rings (SSSR count). The monoisotopic (exact) mass is 256 g/mol. The minimum absolute atomic E-state index is 0.0806. The molecular weight excluding hydrogens is 232 g/mol. The van der Waals surface area contributed by atoms with Gasteiger partial charge in [0, 0.05) is 32.2 Å². The van der Waals surface area contributed by atoms with E-state index in [0.29, 0.717) is 13.2 Å². The third-order valence-corrected chi connectivity index (χ3v) is 3.75. The Morgan fingerprint density at radius 2 is 2.22 bits per heavy atom. The van der Waals surface area contributed by atoms with Crippen molar-refractivity contribution in [3.63, 3.8) is 0 Å². The molecule has 5 heteroatoms. The standard InChI is InChI=1S/C13H24N2O3/c1-2-18-13(16)11-17-9-8-14-6-7-15-5-3-4-12(15)10-14/h12H,2-11H2,1H3. The van der Waals surface area contributed by atoms with E-state index in [2.05, 4.69) is 9.80 Å². The van der Waals surface area contributed by atoms with Gasteiger partial charge >= 0.3 is 5.97 Å². The lowest BCUT2D eigenvalue weighted by Gasteiger charge is -2.37. The summed E-state index contributed by atoms with van der Waals surface area (Å²) in [6, 6.07) is 0.754. The first-order valence-corrected chi connectivity index (χ1v) is 6.99. The van der Waals surface area contributed by atoms with Gasteiger partial charge in [-0.25, -0.2) is 4.79 Å². The topological polar surface area (TPSA) is 42.0 Å². The largest absolute Gasteiger partial charge is 0.464 e. The maximum Gasteiger partial charge on any atom is 0.332 e. The fraction of sp³-hybridized carbons (Fsp3) is 0.923. The van der Waals surface area contributed by atoms with Gasteiger partial charge in [-0.1, -0.05) is 0 Å². The number of rotatable bonds is 6. The molecule has 0 aromatic rings. The van der Waals surface area contributed by atoms with Crippen LogP contribution in [0.1, 0.15) is 19.8 Å². The Bertz CT molecular complexity index is 273. The summed E-state index contributed by atoms with van der Waals surface area (Å²) in [5, 5.41) is 0. The van der Waals surface area contributed by atoms with Gasteiger partial charge in [0.05, 0.1) is 13.2 Å². The van der Waals surface area contributed by atoms with Crippen molar-refractivity contribution in [3.8, 4) is 0 Å². The fourth-order valence-corrected chi connectivity index (χ4v) is 2.81. The normalized spacial score (nSPS) is 25.1. The van der Waals surface area contributed by atoms with Crippen LogP contribution in [0.4, 0.5) is 0 Å². The van der Waals surface area contributed by atoms with Crippen LogP contribution in [0.15, 0.2) is 0 Å². The molecule has 2 heterocycles. The van der Waals surface area contributed by atoms with Crippen LogP contribution < -0.4 is 0 Å². The van der Waals surface area contributed by atoms with E-state index in [1.54, 1.807) is 6.92 Å². The van der Waals surface area contributed by atoms with Crippen molar-refractivity contribution in [2.24, 2.45) is 0 Å². The molecule has 2 aliphatic heterocycles. The molecule has 2 aliphatic rings. The van der Waals surface area contributed by atoms with E-state index in [1.165, 1.54) is 25.9 Å². The van der Waals surface area contributed by atoms with Crippen molar-refractivity contribution in [3.05, 3.63) is 0 Å². The van der Waals surface area contributed by atoms with E-state index in [-0.39, 0.29) is 12.6 Å². The van der Waals surface area contributed by atoms with Gasteiger partial charge < -0.3 is 9.47 Å². The van der Waals surface area contributed by atoms with E-state index < -0.39 is 0 Å². The Kier molecular flexibility index (Phi) is 5.41. The first-order valence-electron chi connectivity index (χ1n) is 6.99. The molecular formula is C13H24N2O3. The van der Waals surface area contributed by atoms with E-state index in [9.17, 15) is 4.79 Å². The number of hydrogen-bond donors (Lipinski definition) is 0. The zero-order valence-corrected chi connectivity index (χ0v) is 11.3. The quantitative estimate of drug-likeness (QED) is 0.506. The molecule has 2 fully saturated rings. The number of esters is 1. The Labute approximate surface area is 109 Å². The van der Waals surface area contributed by atoms with Crippen LogP contribution in [0, 0.1) is 0 Å². The number of nitrogens with zero attached hydrogens (tertiary/aromatic N) is 2. The van der Waals surface area contributed by atoms with E-state index >= 15 is 0 Å². The number of hydrogen-bond acceptors (Lipinski definition) is 5. The summed E-state index contributed by atoms with van der Waals surface area (Å²) >= 11 is 0. The Morgan fingerprint density at radius 1 is 1.33 bits per heavy atom. The van der Waals surface area contributed by atoms with Crippen molar-refractivity contribution < 1.29 is 14.3 Å². The highest BCUT2D eigenvalue weighted by Gasteiger charge is 2.29. The first kappa shape index (κ1) is 13.8. The highest BCUT2D eigenvalue weighted by molar-refractivity contribution is 5.70. The highest BCUT2D eigenvalue weighted by atomic mass is 16.6. The molecule has 0 aliphatic carbocycles. The van der Waals surface area contributed by atoms with Crippen LogP contribution >= 0.6 is 0 Å². The van der Waals surface area contributed by atoms with Crippen LogP contribution in [0.5, 0.6) is 0 Å². The second-order valence-electron chi connectivity index (χ2n) is 4.99. The van der Waals surface area contributed by atoms with Crippen LogP contribution in [-0.2, 0) is 14.3 Å². The summed E-state index contributed by atoms with van der Waals surface area (Å²) in [7, 11) is 0. The van der Waals surface area contributed by atoms with Gasteiger partial charge in [-0.15, -0.1) is 0 Å². The molecule has 2 saturated heterocycles. The Morgan fingerprint density at radius 3 is 3.06 bits per heavy atom. The Balaban J connectivity index is 1.55. The molecule has 1 atom stereocenters. The predicted molar refractivity (Wildman–Crippen MR) is 68.5 cm³/mol. The zero-order valence-electron chi connectivity index (χ0n) is 11.3. The molecule has 0 bridgehead atoms. The summed E-state index contributed by atoms with van der Waals surface area (Å²) in [4.78, 5) is 16.1. The van der Waals surface area contributed by atoms with Crippen molar-refractivity contribution in [2.45, 2.75) is 25.8 Å². The Hall–Kier alpha value is -0.650. The fourth-order valence-electron chi connectivity index (χ4n) is 2.81. The van der Waals surface area contributed by atoms with Crippen LogP contribution in [0.25, 0.3) is 0 Å². The van der Waals surface area contributed by atoms with Crippen molar-refractivity contribution in [1.29, 1.82) is 0 Å². The van der Waals surface area contributed by atoms with Crippen molar-refractivity contribution >= 4 is 5.97 Å². The maximum absolute atomic E-state index is 11.1. The second-order valence-corrected chi connectivity index (χ2v) is 4.99.